The maximum Gasteiger partial charge on any atom is 0.252 e. The van der Waals surface area contributed by atoms with Crippen LogP contribution in [0.3, 0.4) is 0 Å². The minimum atomic E-state index is -0.650. The monoisotopic (exact) mass is 344 g/mol. The zero-order chi connectivity index (χ0) is 17.5. The Hall–Kier alpha value is -2.38. The summed E-state index contributed by atoms with van der Waals surface area (Å²) < 4.78 is 12.3. The smallest absolute Gasteiger partial charge is 0.252 e. The third-order valence-electron chi connectivity index (χ3n) is 4.46. The van der Waals surface area contributed by atoms with Crippen LogP contribution < -0.4 is 15.4 Å². The highest BCUT2D eigenvalue weighted by molar-refractivity contribution is 5.96. The highest BCUT2D eigenvalue weighted by Gasteiger charge is 2.41. The molecule has 7 nitrogen and oxygen atoms in total. The number of ether oxygens (including phenoxy) is 2. The molecule has 1 aromatic heterocycles. The molecule has 2 aromatic rings. The van der Waals surface area contributed by atoms with Crippen molar-refractivity contribution in [2.75, 3.05) is 38.7 Å². The van der Waals surface area contributed by atoms with Crippen molar-refractivity contribution < 1.29 is 14.3 Å². The molecule has 0 radical (unpaired) electrons. The van der Waals surface area contributed by atoms with Crippen LogP contribution in [-0.4, -0.2) is 49.1 Å². The fraction of sp³-hybridized carbons (Fsp3) is 0.444. The van der Waals surface area contributed by atoms with Crippen LogP contribution in [0.1, 0.15) is 12.8 Å². The molecule has 0 unspecified atom stereocenters. The molecule has 1 aliphatic heterocycles. The van der Waals surface area contributed by atoms with E-state index >= 15 is 0 Å². The van der Waals surface area contributed by atoms with Gasteiger partial charge in [-0.15, -0.1) is 0 Å². The summed E-state index contributed by atoms with van der Waals surface area (Å²) >= 11 is 0. The Kier molecular flexibility index (Phi) is 5.67. The summed E-state index contributed by atoms with van der Waals surface area (Å²) in [6.07, 6.45) is 4.98. The molecule has 1 amide bonds. The molecule has 0 bridgehead atoms. The molecule has 1 saturated heterocycles. The number of hydrogen-bond acceptors (Lipinski definition) is 5. The third-order valence-corrected chi connectivity index (χ3v) is 4.46. The summed E-state index contributed by atoms with van der Waals surface area (Å²) in [6.45, 7) is 2.62. The second kappa shape index (κ2) is 8.13. The molecular formula is C18H24N4O3. The number of carbonyl (C=O) groups excluding carboxylic acids is 1. The van der Waals surface area contributed by atoms with Gasteiger partial charge < -0.3 is 20.1 Å². The number of benzene rings is 1. The zero-order valence-electron chi connectivity index (χ0n) is 14.4. The predicted molar refractivity (Wildman–Crippen MR) is 94.7 cm³/mol. The first-order chi connectivity index (χ1) is 12.2. The van der Waals surface area contributed by atoms with Gasteiger partial charge in [0.2, 0.25) is 0 Å². The third kappa shape index (κ3) is 4.00. The Morgan fingerprint density at radius 1 is 1.28 bits per heavy atom. The first-order valence-electron chi connectivity index (χ1n) is 8.49. The van der Waals surface area contributed by atoms with E-state index in [-0.39, 0.29) is 5.91 Å². The molecule has 25 heavy (non-hydrogen) atoms. The molecule has 0 spiro atoms. The van der Waals surface area contributed by atoms with Crippen molar-refractivity contribution >= 4 is 11.6 Å². The van der Waals surface area contributed by atoms with E-state index in [0.717, 1.165) is 24.5 Å². The normalized spacial score (nSPS) is 16.4. The summed E-state index contributed by atoms with van der Waals surface area (Å²) in [5.74, 6) is 0.712. The highest BCUT2D eigenvalue weighted by atomic mass is 16.5. The molecule has 134 valence electrons. The maximum absolute atomic E-state index is 13.0. The Balaban J connectivity index is 1.69. The van der Waals surface area contributed by atoms with Gasteiger partial charge in [-0.25, -0.2) is 0 Å². The van der Waals surface area contributed by atoms with E-state index in [2.05, 4.69) is 15.7 Å². The number of rotatable bonds is 7. The predicted octanol–water partition coefficient (Wildman–Crippen LogP) is 1.63. The quantitative estimate of drug-likeness (QED) is 0.747. The van der Waals surface area contributed by atoms with E-state index in [1.807, 2.05) is 36.5 Å². The highest BCUT2D eigenvalue weighted by Crippen LogP contribution is 2.29. The zero-order valence-corrected chi connectivity index (χ0v) is 14.4. The molecule has 0 aliphatic carbocycles. The van der Waals surface area contributed by atoms with Crippen LogP contribution in [0.25, 0.3) is 0 Å². The van der Waals surface area contributed by atoms with Crippen molar-refractivity contribution in [3.8, 4) is 5.75 Å². The average Bonchev–Trinajstić information content (AvgIpc) is 3.19. The van der Waals surface area contributed by atoms with Gasteiger partial charge in [-0.3, -0.25) is 9.48 Å². The molecule has 3 rings (SSSR count). The van der Waals surface area contributed by atoms with Crippen LogP contribution in [0.5, 0.6) is 5.75 Å². The molecule has 1 aliphatic rings. The summed E-state index contributed by atoms with van der Waals surface area (Å²) in [4.78, 5) is 13.0. The van der Waals surface area contributed by atoms with Gasteiger partial charge in [-0.2, -0.15) is 5.10 Å². The number of anilines is 1. The van der Waals surface area contributed by atoms with Gasteiger partial charge in [-0.1, -0.05) is 0 Å². The van der Waals surface area contributed by atoms with Gasteiger partial charge in [0.25, 0.3) is 5.91 Å². The van der Waals surface area contributed by atoms with Crippen LogP contribution in [0.15, 0.2) is 42.7 Å². The van der Waals surface area contributed by atoms with E-state index < -0.39 is 5.54 Å². The molecule has 7 heteroatoms. The number of amides is 1. The lowest BCUT2D eigenvalue weighted by Gasteiger charge is -2.36. The van der Waals surface area contributed by atoms with Crippen molar-refractivity contribution in [3.63, 3.8) is 0 Å². The van der Waals surface area contributed by atoms with E-state index in [4.69, 9.17) is 9.47 Å². The van der Waals surface area contributed by atoms with Gasteiger partial charge >= 0.3 is 0 Å². The number of methoxy groups -OCH3 is 1. The van der Waals surface area contributed by atoms with Crippen molar-refractivity contribution in [3.05, 3.63) is 42.7 Å². The minimum Gasteiger partial charge on any atom is -0.491 e. The number of hydrogen-bond donors (Lipinski definition) is 2. The van der Waals surface area contributed by atoms with Gasteiger partial charge in [0.1, 0.15) is 17.9 Å². The first-order valence-corrected chi connectivity index (χ1v) is 8.49. The summed E-state index contributed by atoms with van der Waals surface area (Å²) in [6, 6.07) is 9.22. The molecule has 0 saturated carbocycles. The van der Waals surface area contributed by atoms with Gasteiger partial charge in [0.05, 0.1) is 6.61 Å². The standard InChI is InChI=1S/C18H24N4O3/c1-24-13-14-25-16-5-3-15(4-6-16)21-17(23)18(7-10-19-11-8-18)22-12-2-9-20-22/h2-6,9,12,19H,7-8,10-11,13-14H2,1H3,(H,21,23). The van der Waals surface area contributed by atoms with Crippen LogP contribution >= 0.6 is 0 Å². The first kappa shape index (κ1) is 17.4. The molecule has 1 aromatic carbocycles. The largest absolute Gasteiger partial charge is 0.491 e. The van der Waals surface area contributed by atoms with Crippen molar-refractivity contribution in [2.45, 2.75) is 18.4 Å². The van der Waals surface area contributed by atoms with E-state index in [9.17, 15) is 4.79 Å². The lowest BCUT2D eigenvalue weighted by atomic mass is 9.87. The lowest BCUT2D eigenvalue weighted by Crippen LogP contribution is -2.52. The van der Waals surface area contributed by atoms with E-state index in [1.54, 1.807) is 18.0 Å². The SMILES string of the molecule is COCCOc1ccc(NC(=O)C2(n3cccn3)CCNCC2)cc1. The van der Waals surface area contributed by atoms with Crippen LogP contribution in [-0.2, 0) is 15.1 Å². The average molecular weight is 344 g/mol. The summed E-state index contributed by atoms with van der Waals surface area (Å²) in [5.41, 5.74) is 0.0942. The number of nitrogens with one attached hydrogen (secondary N) is 2. The van der Waals surface area contributed by atoms with E-state index in [1.165, 1.54) is 0 Å². The Bertz CT molecular complexity index is 664. The number of nitrogens with zero attached hydrogens (tertiary/aromatic N) is 2. The van der Waals surface area contributed by atoms with E-state index in [0.29, 0.717) is 26.1 Å². The molecule has 1 fully saturated rings. The van der Waals surface area contributed by atoms with Gasteiger partial charge in [0.15, 0.2) is 0 Å². The van der Waals surface area contributed by atoms with Crippen molar-refractivity contribution in [1.29, 1.82) is 0 Å². The van der Waals surface area contributed by atoms with Crippen LogP contribution in [0.2, 0.25) is 0 Å². The van der Waals surface area contributed by atoms with Crippen molar-refractivity contribution in [1.82, 2.24) is 15.1 Å². The Morgan fingerprint density at radius 3 is 2.68 bits per heavy atom. The minimum absolute atomic E-state index is 0.0363. The van der Waals surface area contributed by atoms with Gasteiger partial charge in [-0.05, 0) is 56.3 Å². The Morgan fingerprint density at radius 2 is 2.04 bits per heavy atom. The van der Waals surface area contributed by atoms with Crippen molar-refractivity contribution in [2.24, 2.45) is 0 Å². The molecule has 2 N–H and O–H groups in total. The Labute approximate surface area is 147 Å². The van der Waals surface area contributed by atoms with Crippen LogP contribution in [0.4, 0.5) is 5.69 Å². The van der Waals surface area contributed by atoms with Gasteiger partial charge in [0, 0.05) is 25.2 Å². The second-order valence-electron chi connectivity index (χ2n) is 6.05. The fourth-order valence-electron chi connectivity index (χ4n) is 3.05. The maximum atomic E-state index is 13.0. The summed E-state index contributed by atoms with van der Waals surface area (Å²) in [5, 5.41) is 10.7. The van der Waals surface area contributed by atoms with Crippen LogP contribution in [0, 0.1) is 0 Å². The lowest BCUT2D eigenvalue weighted by molar-refractivity contribution is -0.126. The number of piperidine rings is 1. The topological polar surface area (TPSA) is 77.4 Å². The second-order valence-corrected chi connectivity index (χ2v) is 6.05. The number of carbonyl (C=O) groups is 1. The molecule has 2 heterocycles. The fourth-order valence-corrected chi connectivity index (χ4v) is 3.05. The molecule has 0 atom stereocenters. The molecular weight excluding hydrogens is 320 g/mol. The number of aromatic nitrogens is 2. The summed E-state index contributed by atoms with van der Waals surface area (Å²) in [7, 11) is 1.64.